The smallest absolute Gasteiger partial charge is 0.269 e. The summed E-state index contributed by atoms with van der Waals surface area (Å²) in [5.41, 5.74) is 0.849. The summed E-state index contributed by atoms with van der Waals surface area (Å²) in [5, 5.41) is 13.9. The van der Waals surface area contributed by atoms with Crippen molar-refractivity contribution in [3.8, 4) is 0 Å². The highest BCUT2D eigenvalue weighted by atomic mass is 16.6. The van der Waals surface area contributed by atoms with E-state index in [1.807, 2.05) is 7.05 Å². The molecule has 1 aliphatic heterocycles. The van der Waals surface area contributed by atoms with Gasteiger partial charge in [-0.25, -0.2) is 0 Å². The molecule has 1 saturated heterocycles. The predicted molar refractivity (Wildman–Crippen MR) is 75.5 cm³/mol. The van der Waals surface area contributed by atoms with Crippen molar-refractivity contribution in [2.45, 2.75) is 25.3 Å². The maximum absolute atomic E-state index is 12.2. The maximum Gasteiger partial charge on any atom is 0.269 e. The summed E-state index contributed by atoms with van der Waals surface area (Å²) in [7, 11) is 1.82. The van der Waals surface area contributed by atoms with E-state index in [2.05, 4.69) is 5.32 Å². The summed E-state index contributed by atoms with van der Waals surface area (Å²) in [6.07, 6.45) is 2.39. The summed E-state index contributed by atoms with van der Waals surface area (Å²) < 4.78 is 0. The van der Waals surface area contributed by atoms with Gasteiger partial charge in [0.25, 0.3) is 5.69 Å². The van der Waals surface area contributed by atoms with E-state index in [0.717, 1.165) is 31.5 Å². The zero-order valence-electron chi connectivity index (χ0n) is 11.5. The first-order valence-electron chi connectivity index (χ1n) is 6.77. The van der Waals surface area contributed by atoms with Crippen molar-refractivity contribution >= 4 is 11.6 Å². The quantitative estimate of drug-likeness (QED) is 0.666. The minimum atomic E-state index is -0.439. The first-order chi connectivity index (χ1) is 9.58. The summed E-state index contributed by atoms with van der Waals surface area (Å²) in [6, 6.07) is 6.40. The van der Waals surface area contributed by atoms with Crippen LogP contribution in [0.25, 0.3) is 0 Å². The molecular formula is C14H19N3O3. The fourth-order valence-electron chi connectivity index (χ4n) is 2.40. The number of non-ortho nitro benzene ring substituents is 1. The molecule has 0 spiro atoms. The van der Waals surface area contributed by atoms with Gasteiger partial charge in [-0.15, -0.1) is 0 Å². The van der Waals surface area contributed by atoms with Crippen molar-refractivity contribution in [1.29, 1.82) is 0 Å². The van der Waals surface area contributed by atoms with E-state index >= 15 is 0 Å². The Hall–Kier alpha value is -1.95. The van der Waals surface area contributed by atoms with Crippen LogP contribution in [0.3, 0.4) is 0 Å². The molecule has 1 aromatic carbocycles. The molecule has 0 aromatic heterocycles. The summed E-state index contributed by atoms with van der Waals surface area (Å²) in [5.74, 6) is 0.0487. The largest absolute Gasteiger partial charge is 0.341 e. The molecule has 1 fully saturated rings. The standard InChI is InChI=1S/C14H19N3O3/c1-16(13-3-2-8-15-10-13)14(18)9-11-4-6-12(7-5-11)17(19)20/h4-7,13,15H,2-3,8-10H2,1H3. The zero-order valence-corrected chi connectivity index (χ0v) is 11.5. The SMILES string of the molecule is CN(C(=O)Cc1ccc([N+](=O)[O-])cc1)C1CCCNC1. The number of piperidine rings is 1. The predicted octanol–water partition coefficient (Wildman–Crippen LogP) is 1.35. The van der Waals surface area contributed by atoms with Gasteiger partial charge in [-0.05, 0) is 24.9 Å². The van der Waals surface area contributed by atoms with E-state index in [1.54, 1.807) is 17.0 Å². The van der Waals surface area contributed by atoms with Crippen LogP contribution in [0.5, 0.6) is 0 Å². The summed E-state index contributed by atoms with van der Waals surface area (Å²) in [6.45, 7) is 1.85. The number of likely N-dealkylation sites (N-methyl/N-ethyl adjacent to an activating group) is 1. The number of nitro benzene ring substituents is 1. The summed E-state index contributed by atoms with van der Waals surface area (Å²) in [4.78, 5) is 24.1. The number of carbonyl (C=O) groups is 1. The Labute approximate surface area is 117 Å². The second-order valence-corrected chi connectivity index (χ2v) is 5.11. The Bertz CT molecular complexity index is 481. The molecular weight excluding hydrogens is 258 g/mol. The summed E-state index contributed by atoms with van der Waals surface area (Å²) >= 11 is 0. The van der Waals surface area contributed by atoms with Gasteiger partial charge in [0, 0.05) is 31.8 Å². The molecule has 20 heavy (non-hydrogen) atoms. The van der Waals surface area contributed by atoms with E-state index in [0.29, 0.717) is 0 Å². The van der Waals surface area contributed by atoms with Gasteiger partial charge in [0.2, 0.25) is 5.91 Å². The first kappa shape index (κ1) is 14.5. The van der Waals surface area contributed by atoms with E-state index in [-0.39, 0.29) is 24.1 Å². The molecule has 1 N–H and O–H groups in total. The molecule has 1 atom stereocenters. The molecule has 0 saturated carbocycles. The van der Waals surface area contributed by atoms with E-state index in [9.17, 15) is 14.9 Å². The van der Waals surface area contributed by atoms with Gasteiger partial charge >= 0.3 is 0 Å². The van der Waals surface area contributed by atoms with Crippen molar-refractivity contribution in [2.75, 3.05) is 20.1 Å². The lowest BCUT2D eigenvalue weighted by Crippen LogP contribution is -2.47. The van der Waals surface area contributed by atoms with Crippen molar-refractivity contribution in [2.24, 2.45) is 0 Å². The van der Waals surface area contributed by atoms with E-state index in [1.165, 1.54) is 12.1 Å². The lowest BCUT2D eigenvalue weighted by atomic mass is 10.0. The monoisotopic (exact) mass is 277 g/mol. The average Bonchev–Trinajstić information content (AvgIpc) is 2.48. The van der Waals surface area contributed by atoms with Crippen molar-refractivity contribution in [1.82, 2.24) is 10.2 Å². The van der Waals surface area contributed by atoms with Crippen LogP contribution in [0.1, 0.15) is 18.4 Å². The van der Waals surface area contributed by atoms with Crippen molar-refractivity contribution in [3.05, 3.63) is 39.9 Å². The van der Waals surface area contributed by atoms with Crippen LogP contribution in [-0.2, 0) is 11.2 Å². The molecule has 1 unspecified atom stereocenters. The van der Waals surface area contributed by atoms with Crippen molar-refractivity contribution < 1.29 is 9.72 Å². The van der Waals surface area contributed by atoms with Gasteiger partial charge in [-0.1, -0.05) is 12.1 Å². The van der Waals surface area contributed by atoms with Gasteiger partial charge in [0.1, 0.15) is 0 Å². The Morgan fingerprint density at radius 2 is 2.15 bits per heavy atom. The van der Waals surface area contributed by atoms with E-state index in [4.69, 9.17) is 0 Å². The Morgan fingerprint density at radius 3 is 2.70 bits per heavy atom. The molecule has 0 aliphatic carbocycles. The van der Waals surface area contributed by atoms with Crippen molar-refractivity contribution in [3.63, 3.8) is 0 Å². The Kier molecular flexibility index (Phi) is 4.68. The molecule has 6 nitrogen and oxygen atoms in total. The van der Waals surface area contributed by atoms with Crippen LogP contribution in [0, 0.1) is 10.1 Å². The number of nitrogens with one attached hydrogen (secondary N) is 1. The lowest BCUT2D eigenvalue weighted by Gasteiger charge is -2.31. The third kappa shape index (κ3) is 3.54. The second-order valence-electron chi connectivity index (χ2n) is 5.11. The van der Waals surface area contributed by atoms with Gasteiger partial charge in [-0.2, -0.15) is 0 Å². The molecule has 6 heteroatoms. The highest BCUT2D eigenvalue weighted by Crippen LogP contribution is 2.14. The normalized spacial score (nSPS) is 18.6. The molecule has 1 amide bonds. The number of hydrogen-bond donors (Lipinski definition) is 1. The van der Waals surface area contributed by atoms with Gasteiger partial charge in [-0.3, -0.25) is 14.9 Å². The number of carbonyl (C=O) groups excluding carboxylic acids is 1. The van der Waals surface area contributed by atoms with Gasteiger partial charge in [0.15, 0.2) is 0 Å². The fourth-order valence-corrected chi connectivity index (χ4v) is 2.40. The average molecular weight is 277 g/mol. The molecule has 1 heterocycles. The number of nitrogens with zero attached hydrogens (tertiary/aromatic N) is 2. The van der Waals surface area contributed by atoms with Crippen LogP contribution in [0.2, 0.25) is 0 Å². The maximum atomic E-state index is 12.2. The molecule has 1 aliphatic rings. The van der Waals surface area contributed by atoms with Crippen LogP contribution in [-0.4, -0.2) is 41.9 Å². The highest BCUT2D eigenvalue weighted by Gasteiger charge is 2.21. The Morgan fingerprint density at radius 1 is 1.45 bits per heavy atom. The Balaban J connectivity index is 1.94. The van der Waals surface area contributed by atoms with Crippen LogP contribution in [0.4, 0.5) is 5.69 Å². The first-order valence-corrected chi connectivity index (χ1v) is 6.77. The minimum absolute atomic E-state index is 0.0473. The van der Waals surface area contributed by atoms with Crippen LogP contribution < -0.4 is 5.32 Å². The molecule has 2 rings (SSSR count). The number of amides is 1. The molecule has 108 valence electrons. The fraction of sp³-hybridized carbons (Fsp3) is 0.500. The molecule has 0 radical (unpaired) electrons. The van der Waals surface area contributed by atoms with Gasteiger partial charge < -0.3 is 10.2 Å². The number of nitro groups is 1. The highest BCUT2D eigenvalue weighted by molar-refractivity contribution is 5.79. The number of benzene rings is 1. The topological polar surface area (TPSA) is 75.5 Å². The van der Waals surface area contributed by atoms with Crippen LogP contribution >= 0.6 is 0 Å². The zero-order chi connectivity index (χ0) is 14.5. The number of hydrogen-bond acceptors (Lipinski definition) is 4. The number of rotatable bonds is 4. The van der Waals surface area contributed by atoms with E-state index < -0.39 is 4.92 Å². The van der Waals surface area contributed by atoms with Crippen LogP contribution in [0.15, 0.2) is 24.3 Å². The second kappa shape index (κ2) is 6.47. The molecule has 1 aromatic rings. The lowest BCUT2D eigenvalue weighted by molar-refractivity contribution is -0.384. The third-order valence-electron chi connectivity index (χ3n) is 3.71. The van der Waals surface area contributed by atoms with Gasteiger partial charge in [0.05, 0.1) is 11.3 Å². The minimum Gasteiger partial charge on any atom is -0.341 e. The third-order valence-corrected chi connectivity index (χ3v) is 3.71. The molecule has 0 bridgehead atoms.